The molecule has 0 spiro atoms. The zero-order valence-corrected chi connectivity index (χ0v) is 16.1. The Kier molecular flexibility index (Phi) is 5.81. The quantitative estimate of drug-likeness (QED) is 0.876. The maximum absolute atomic E-state index is 12.4. The number of nitrogens with one attached hydrogen (secondary N) is 1. The first kappa shape index (κ1) is 19.0. The van der Waals surface area contributed by atoms with Crippen LogP contribution in [0, 0.1) is 0 Å². The van der Waals surface area contributed by atoms with Gasteiger partial charge in [-0.2, -0.15) is 0 Å². The van der Waals surface area contributed by atoms with E-state index in [1.54, 1.807) is 17.2 Å². The molecular weight excluding hydrogens is 344 g/mol. The zero-order chi connectivity index (χ0) is 19.4. The maximum Gasteiger partial charge on any atom is 0.224 e. The summed E-state index contributed by atoms with van der Waals surface area (Å²) in [4.78, 5) is 30.3. The first-order valence-corrected chi connectivity index (χ1v) is 9.09. The average molecular weight is 370 g/mol. The van der Waals surface area contributed by atoms with Crippen molar-refractivity contribution in [3.05, 3.63) is 42.4 Å². The highest BCUT2D eigenvalue weighted by Gasteiger charge is 2.21. The van der Waals surface area contributed by atoms with Crippen LogP contribution < -0.4 is 15.1 Å². The average Bonchev–Trinajstić information content (AvgIpc) is 3.13. The molecule has 0 unspecified atom stereocenters. The summed E-state index contributed by atoms with van der Waals surface area (Å²) in [7, 11) is 2.11. The van der Waals surface area contributed by atoms with Crippen molar-refractivity contribution in [2.45, 2.75) is 20.4 Å². The van der Waals surface area contributed by atoms with Crippen LogP contribution in [0.2, 0.25) is 0 Å². The SMILES string of the molecule is CC(=O)Nc1ccc(N2CCN(C)CC2)cc1N(Cc1ccco1)C(C)=O. The lowest BCUT2D eigenvalue weighted by molar-refractivity contribution is -0.117. The highest BCUT2D eigenvalue weighted by molar-refractivity contribution is 6.00. The molecule has 1 aliphatic rings. The molecule has 2 amide bonds. The molecule has 1 aliphatic heterocycles. The van der Waals surface area contributed by atoms with Crippen molar-refractivity contribution in [3.8, 4) is 0 Å². The van der Waals surface area contributed by atoms with Crippen LogP contribution in [-0.4, -0.2) is 49.9 Å². The van der Waals surface area contributed by atoms with Crippen LogP contribution in [0.3, 0.4) is 0 Å². The van der Waals surface area contributed by atoms with Crippen molar-refractivity contribution in [3.63, 3.8) is 0 Å². The van der Waals surface area contributed by atoms with Gasteiger partial charge in [0.1, 0.15) is 5.76 Å². The van der Waals surface area contributed by atoms with Crippen molar-refractivity contribution in [1.29, 1.82) is 0 Å². The molecular formula is C20H26N4O3. The summed E-state index contributed by atoms with van der Waals surface area (Å²) in [6, 6.07) is 9.45. The van der Waals surface area contributed by atoms with Crippen LogP contribution in [0.15, 0.2) is 41.0 Å². The van der Waals surface area contributed by atoms with Crippen molar-refractivity contribution < 1.29 is 14.0 Å². The number of benzene rings is 1. The molecule has 2 heterocycles. The predicted octanol–water partition coefficient (Wildman–Crippen LogP) is 2.54. The van der Waals surface area contributed by atoms with Crippen molar-refractivity contribution in [2.24, 2.45) is 0 Å². The van der Waals surface area contributed by atoms with E-state index in [2.05, 4.69) is 22.2 Å². The number of anilines is 3. The fourth-order valence-corrected chi connectivity index (χ4v) is 3.22. The van der Waals surface area contributed by atoms with E-state index in [0.717, 1.165) is 31.9 Å². The van der Waals surface area contributed by atoms with E-state index in [4.69, 9.17) is 4.42 Å². The van der Waals surface area contributed by atoms with Gasteiger partial charge in [-0.05, 0) is 37.4 Å². The molecule has 1 saturated heterocycles. The van der Waals surface area contributed by atoms with E-state index < -0.39 is 0 Å². The van der Waals surface area contributed by atoms with Crippen LogP contribution in [-0.2, 0) is 16.1 Å². The Bertz CT molecular complexity index is 796. The smallest absolute Gasteiger partial charge is 0.224 e. The van der Waals surface area contributed by atoms with Gasteiger partial charge in [0.25, 0.3) is 0 Å². The number of carbonyl (C=O) groups excluding carboxylic acids is 2. The second-order valence-electron chi connectivity index (χ2n) is 6.86. The number of hydrogen-bond donors (Lipinski definition) is 1. The molecule has 0 saturated carbocycles. The summed E-state index contributed by atoms with van der Waals surface area (Å²) in [5.41, 5.74) is 2.32. The minimum absolute atomic E-state index is 0.117. The number of furan rings is 1. The molecule has 27 heavy (non-hydrogen) atoms. The number of amides is 2. The van der Waals surface area contributed by atoms with Gasteiger partial charge < -0.3 is 24.4 Å². The van der Waals surface area contributed by atoms with Gasteiger partial charge >= 0.3 is 0 Å². The van der Waals surface area contributed by atoms with Gasteiger partial charge in [-0.3, -0.25) is 9.59 Å². The Labute approximate surface area is 159 Å². The fraction of sp³-hybridized carbons (Fsp3) is 0.400. The number of carbonyl (C=O) groups is 2. The first-order chi connectivity index (χ1) is 12.9. The second kappa shape index (κ2) is 8.26. The van der Waals surface area contributed by atoms with E-state index in [1.165, 1.54) is 13.8 Å². The third-order valence-electron chi connectivity index (χ3n) is 4.73. The molecule has 1 N–H and O–H groups in total. The Morgan fingerprint density at radius 3 is 2.48 bits per heavy atom. The summed E-state index contributed by atoms with van der Waals surface area (Å²) >= 11 is 0. The van der Waals surface area contributed by atoms with Crippen molar-refractivity contribution in [1.82, 2.24) is 4.90 Å². The standard InChI is InChI=1S/C20H26N4O3/c1-15(25)21-19-7-6-17(23-10-8-22(3)9-11-23)13-20(19)24(16(2)26)14-18-5-4-12-27-18/h4-7,12-13H,8-11,14H2,1-3H3,(H,21,25). The van der Waals surface area contributed by atoms with Gasteiger partial charge in [-0.1, -0.05) is 0 Å². The Morgan fingerprint density at radius 2 is 1.89 bits per heavy atom. The molecule has 144 valence electrons. The first-order valence-electron chi connectivity index (χ1n) is 9.09. The van der Waals surface area contributed by atoms with Gasteiger partial charge in [-0.15, -0.1) is 0 Å². The molecule has 2 aromatic rings. The number of likely N-dealkylation sites (N-methyl/N-ethyl adjacent to an activating group) is 1. The summed E-state index contributed by atoms with van der Waals surface area (Å²) in [5.74, 6) is 0.391. The van der Waals surface area contributed by atoms with E-state index in [9.17, 15) is 9.59 Å². The zero-order valence-electron chi connectivity index (χ0n) is 16.1. The van der Waals surface area contributed by atoms with Crippen molar-refractivity contribution >= 4 is 28.9 Å². The lowest BCUT2D eigenvalue weighted by Crippen LogP contribution is -2.44. The largest absolute Gasteiger partial charge is 0.467 e. The topological polar surface area (TPSA) is 69.0 Å². The third kappa shape index (κ3) is 4.68. The molecule has 7 nitrogen and oxygen atoms in total. The molecule has 1 aromatic carbocycles. The maximum atomic E-state index is 12.4. The molecule has 1 aromatic heterocycles. The molecule has 0 aliphatic carbocycles. The number of nitrogens with zero attached hydrogens (tertiary/aromatic N) is 3. The molecule has 7 heteroatoms. The van der Waals surface area contributed by atoms with E-state index in [1.807, 2.05) is 24.3 Å². The van der Waals surface area contributed by atoms with Gasteiger partial charge in [-0.25, -0.2) is 0 Å². The van der Waals surface area contributed by atoms with E-state index >= 15 is 0 Å². The number of rotatable bonds is 5. The van der Waals surface area contributed by atoms with Gasteiger partial charge in [0.2, 0.25) is 11.8 Å². The van der Waals surface area contributed by atoms with Crippen molar-refractivity contribution in [2.75, 3.05) is 48.3 Å². The summed E-state index contributed by atoms with van der Waals surface area (Å²) < 4.78 is 5.42. The second-order valence-corrected chi connectivity index (χ2v) is 6.86. The normalized spacial score (nSPS) is 14.9. The van der Waals surface area contributed by atoms with Crippen LogP contribution in [0.1, 0.15) is 19.6 Å². The molecule has 0 atom stereocenters. The van der Waals surface area contributed by atoms with Crippen LogP contribution in [0.5, 0.6) is 0 Å². The van der Waals surface area contributed by atoms with Crippen LogP contribution >= 0.6 is 0 Å². The molecule has 0 bridgehead atoms. The molecule has 0 radical (unpaired) electrons. The molecule has 3 rings (SSSR count). The number of piperazine rings is 1. The minimum Gasteiger partial charge on any atom is -0.467 e. The summed E-state index contributed by atoms with van der Waals surface area (Å²) in [6.45, 7) is 7.12. The van der Waals surface area contributed by atoms with Crippen LogP contribution in [0.25, 0.3) is 0 Å². The minimum atomic E-state index is -0.176. The predicted molar refractivity (Wildman–Crippen MR) is 106 cm³/mol. The Morgan fingerprint density at radius 1 is 1.15 bits per heavy atom. The molecule has 1 fully saturated rings. The van der Waals surface area contributed by atoms with E-state index in [-0.39, 0.29) is 11.8 Å². The lowest BCUT2D eigenvalue weighted by Gasteiger charge is -2.35. The Hall–Kier alpha value is -2.80. The monoisotopic (exact) mass is 370 g/mol. The summed E-state index contributed by atoms with van der Waals surface area (Å²) in [5, 5.41) is 2.84. The highest BCUT2D eigenvalue weighted by Crippen LogP contribution is 2.33. The Balaban J connectivity index is 1.96. The van der Waals surface area contributed by atoms with Gasteiger partial charge in [0.05, 0.1) is 24.2 Å². The summed E-state index contributed by atoms with van der Waals surface area (Å²) in [6.07, 6.45) is 1.59. The highest BCUT2D eigenvalue weighted by atomic mass is 16.3. The van der Waals surface area contributed by atoms with Gasteiger partial charge in [0.15, 0.2) is 0 Å². The lowest BCUT2D eigenvalue weighted by atomic mass is 10.1. The third-order valence-corrected chi connectivity index (χ3v) is 4.73. The van der Waals surface area contributed by atoms with E-state index in [0.29, 0.717) is 23.7 Å². The fourth-order valence-electron chi connectivity index (χ4n) is 3.22. The van der Waals surface area contributed by atoms with Crippen LogP contribution in [0.4, 0.5) is 17.1 Å². The number of hydrogen-bond acceptors (Lipinski definition) is 5. The van der Waals surface area contributed by atoms with Gasteiger partial charge in [0, 0.05) is 45.7 Å².